The van der Waals surface area contributed by atoms with Gasteiger partial charge in [0, 0.05) is 18.8 Å². The van der Waals surface area contributed by atoms with Gasteiger partial charge in [-0.3, -0.25) is 0 Å². The SMILES string of the molecule is c1coc(CNCc2ccc3c(c2)CCCN3)c1. The second kappa shape index (κ2) is 5.27. The van der Waals surface area contributed by atoms with E-state index in [0.29, 0.717) is 0 Å². The van der Waals surface area contributed by atoms with Gasteiger partial charge in [0.05, 0.1) is 12.8 Å². The van der Waals surface area contributed by atoms with Gasteiger partial charge in [-0.2, -0.15) is 0 Å². The van der Waals surface area contributed by atoms with Crippen molar-refractivity contribution in [1.29, 1.82) is 0 Å². The minimum atomic E-state index is 0.780. The Balaban J connectivity index is 1.59. The van der Waals surface area contributed by atoms with Crippen LogP contribution in [0.3, 0.4) is 0 Å². The Morgan fingerprint density at radius 2 is 2.22 bits per heavy atom. The van der Waals surface area contributed by atoms with Gasteiger partial charge in [-0.05, 0) is 42.2 Å². The molecule has 3 rings (SSSR count). The Hall–Kier alpha value is -1.74. The second-order valence-corrected chi connectivity index (χ2v) is 4.70. The molecule has 0 aliphatic carbocycles. The first-order chi connectivity index (χ1) is 8.92. The molecule has 0 fully saturated rings. The quantitative estimate of drug-likeness (QED) is 0.865. The zero-order chi connectivity index (χ0) is 12.2. The largest absolute Gasteiger partial charge is 0.468 e. The summed E-state index contributed by atoms with van der Waals surface area (Å²) >= 11 is 0. The fourth-order valence-electron chi connectivity index (χ4n) is 2.38. The van der Waals surface area contributed by atoms with Crippen molar-refractivity contribution in [2.24, 2.45) is 0 Å². The summed E-state index contributed by atoms with van der Waals surface area (Å²) in [6.07, 6.45) is 4.13. The molecule has 94 valence electrons. The summed E-state index contributed by atoms with van der Waals surface area (Å²) in [5.41, 5.74) is 4.08. The van der Waals surface area contributed by atoms with Crippen LogP contribution in [0.5, 0.6) is 0 Å². The van der Waals surface area contributed by atoms with E-state index in [9.17, 15) is 0 Å². The topological polar surface area (TPSA) is 37.2 Å². The average molecular weight is 242 g/mol. The number of benzene rings is 1. The molecule has 18 heavy (non-hydrogen) atoms. The van der Waals surface area contributed by atoms with Gasteiger partial charge < -0.3 is 15.1 Å². The molecule has 1 aromatic carbocycles. The maximum Gasteiger partial charge on any atom is 0.117 e. The van der Waals surface area contributed by atoms with E-state index in [-0.39, 0.29) is 0 Å². The number of hydrogen-bond acceptors (Lipinski definition) is 3. The van der Waals surface area contributed by atoms with Crippen LogP contribution in [0.4, 0.5) is 5.69 Å². The number of fused-ring (bicyclic) bond motifs is 1. The van der Waals surface area contributed by atoms with E-state index in [1.165, 1.54) is 29.7 Å². The van der Waals surface area contributed by atoms with Gasteiger partial charge in [0.1, 0.15) is 5.76 Å². The van der Waals surface area contributed by atoms with Crippen LogP contribution in [-0.2, 0) is 19.5 Å². The number of nitrogens with one attached hydrogen (secondary N) is 2. The Bertz CT molecular complexity index is 505. The first kappa shape index (κ1) is 11.4. The molecule has 2 N–H and O–H groups in total. The monoisotopic (exact) mass is 242 g/mol. The maximum absolute atomic E-state index is 5.29. The lowest BCUT2D eigenvalue weighted by Crippen LogP contribution is -2.15. The molecule has 0 saturated carbocycles. The van der Waals surface area contributed by atoms with Gasteiger partial charge in [0.25, 0.3) is 0 Å². The summed E-state index contributed by atoms with van der Waals surface area (Å²) < 4.78 is 5.29. The third-order valence-electron chi connectivity index (χ3n) is 3.32. The van der Waals surface area contributed by atoms with Gasteiger partial charge in [0.2, 0.25) is 0 Å². The van der Waals surface area contributed by atoms with E-state index in [2.05, 4.69) is 28.8 Å². The van der Waals surface area contributed by atoms with Crippen LogP contribution < -0.4 is 10.6 Å². The molecule has 3 nitrogen and oxygen atoms in total. The molecular weight excluding hydrogens is 224 g/mol. The summed E-state index contributed by atoms with van der Waals surface area (Å²) in [5, 5.41) is 6.83. The highest BCUT2D eigenvalue weighted by Crippen LogP contribution is 2.22. The second-order valence-electron chi connectivity index (χ2n) is 4.70. The van der Waals surface area contributed by atoms with E-state index in [1.807, 2.05) is 12.1 Å². The molecular formula is C15H18N2O. The third-order valence-corrected chi connectivity index (χ3v) is 3.32. The van der Waals surface area contributed by atoms with Crippen molar-refractivity contribution in [3.05, 3.63) is 53.5 Å². The lowest BCUT2D eigenvalue weighted by molar-refractivity contribution is 0.483. The van der Waals surface area contributed by atoms with Crippen molar-refractivity contribution < 1.29 is 4.42 Å². The number of aryl methyl sites for hydroxylation is 1. The summed E-state index contributed by atoms with van der Waals surface area (Å²) in [5.74, 6) is 0.981. The van der Waals surface area contributed by atoms with E-state index in [0.717, 1.165) is 25.4 Å². The molecule has 1 aliphatic heterocycles. The molecule has 0 bridgehead atoms. The molecule has 2 aromatic rings. The number of furan rings is 1. The molecule has 0 amide bonds. The zero-order valence-electron chi connectivity index (χ0n) is 10.4. The minimum absolute atomic E-state index is 0.780. The van der Waals surface area contributed by atoms with Crippen LogP contribution in [0.25, 0.3) is 0 Å². The summed E-state index contributed by atoms with van der Waals surface area (Å²) in [4.78, 5) is 0. The van der Waals surface area contributed by atoms with Crippen LogP contribution in [0.1, 0.15) is 23.3 Å². The van der Waals surface area contributed by atoms with Crippen LogP contribution in [-0.4, -0.2) is 6.54 Å². The Labute approximate surface area is 107 Å². The highest BCUT2D eigenvalue weighted by Gasteiger charge is 2.08. The Morgan fingerprint density at radius 1 is 1.22 bits per heavy atom. The lowest BCUT2D eigenvalue weighted by atomic mass is 10.0. The van der Waals surface area contributed by atoms with E-state index >= 15 is 0 Å². The fraction of sp³-hybridized carbons (Fsp3) is 0.333. The maximum atomic E-state index is 5.29. The van der Waals surface area contributed by atoms with Crippen LogP contribution in [0.15, 0.2) is 41.0 Å². The molecule has 1 aromatic heterocycles. The number of anilines is 1. The molecule has 0 radical (unpaired) electrons. The van der Waals surface area contributed by atoms with E-state index in [1.54, 1.807) is 6.26 Å². The van der Waals surface area contributed by atoms with E-state index < -0.39 is 0 Å². The van der Waals surface area contributed by atoms with Crippen LogP contribution in [0.2, 0.25) is 0 Å². The summed E-state index contributed by atoms with van der Waals surface area (Å²) in [6, 6.07) is 10.6. The highest BCUT2D eigenvalue weighted by molar-refractivity contribution is 5.54. The van der Waals surface area contributed by atoms with Gasteiger partial charge in [0.15, 0.2) is 0 Å². The predicted molar refractivity (Wildman–Crippen MR) is 72.5 cm³/mol. The summed E-state index contributed by atoms with van der Waals surface area (Å²) in [6.45, 7) is 2.76. The normalized spacial score (nSPS) is 14.0. The molecule has 0 saturated heterocycles. The average Bonchev–Trinajstić information content (AvgIpc) is 2.92. The smallest absolute Gasteiger partial charge is 0.117 e. The molecule has 1 aliphatic rings. The van der Waals surface area contributed by atoms with Crippen molar-refractivity contribution in [3.63, 3.8) is 0 Å². The van der Waals surface area contributed by atoms with Gasteiger partial charge in [-0.1, -0.05) is 12.1 Å². The molecule has 3 heteroatoms. The van der Waals surface area contributed by atoms with Gasteiger partial charge in [-0.15, -0.1) is 0 Å². The third kappa shape index (κ3) is 2.57. The van der Waals surface area contributed by atoms with Gasteiger partial charge in [-0.25, -0.2) is 0 Å². The lowest BCUT2D eigenvalue weighted by Gasteiger charge is -2.18. The molecule has 0 atom stereocenters. The van der Waals surface area contributed by atoms with Gasteiger partial charge >= 0.3 is 0 Å². The molecule has 2 heterocycles. The molecule has 0 unspecified atom stereocenters. The molecule has 0 spiro atoms. The van der Waals surface area contributed by atoms with Crippen molar-refractivity contribution >= 4 is 5.69 Å². The van der Waals surface area contributed by atoms with Crippen molar-refractivity contribution in [3.8, 4) is 0 Å². The predicted octanol–water partition coefficient (Wildman–Crippen LogP) is 2.93. The minimum Gasteiger partial charge on any atom is -0.468 e. The van der Waals surface area contributed by atoms with Crippen LogP contribution >= 0.6 is 0 Å². The Kier molecular flexibility index (Phi) is 3.33. The van der Waals surface area contributed by atoms with Crippen molar-refractivity contribution in [2.75, 3.05) is 11.9 Å². The van der Waals surface area contributed by atoms with E-state index in [4.69, 9.17) is 4.42 Å². The van der Waals surface area contributed by atoms with Crippen molar-refractivity contribution in [1.82, 2.24) is 5.32 Å². The number of hydrogen-bond donors (Lipinski definition) is 2. The summed E-state index contributed by atoms with van der Waals surface area (Å²) in [7, 11) is 0. The highest BCUT2D eigenvalue weighted by atomic mass is 16.3. The number of rotatable bonds is 4. The standard InChI is InChI=1S/C15H18N2O/c1-3-13-9-12(5-6-15(13)17-7-1)10-16-11-14-4-2-8-18-14/h2,4-6,8-9,16-17H,1,3,7,10-11H2. The fourth-order valence-corrected chi connectivity index (χ4v) is 2.38. The first-order valence-corrected chi connectivity index (χ1v) is 6.50. The Morgan fingerprint density at radius 3 is 3.11 bits per heavy atom. The van der Waals surface area contributed by atoms with Crippen LogP contribution in [0, 0.1) is 0 Å². The first-order valence-electron chi connectivity index (χ1n) is 6.50. The zero-order valence-corrected chi connectivity index (χ0v) is 10.4. The van der Waals surface area contributed by atoms with Crippen molar-refractivity contribution in [2.45, 2.75) is 25.9 Å².